The third kappa shape index (κ3) is 7.74. The molecule has 0 amide bonds. The van der Waals surface area contributed by atoms with Crippen molar-refractivity contribution in [3.8, 4) is 0 Å². The van der Waals surface area contributed by atoms with Crippen molar-refractivity contribution in [1.29, 1.82) is 0 Å². The molecule has 4 heteroatoms. The standard InChI is InChI=1S/C7H19N3O/c1-2-7(11)6-9-4-3-5-10-8/h7,9-11H,2-6,8H2,1H3. The summed E-state index contributed by atoms with van der Waals surface area (Å²) in [6, 6.07) is 0. The lowest BCUT2D eigenvalue weighted by molar-refractivity contribution is 0.167. The zero-order valence-electron chi connectivity index (χ0n) is 7.14. The number of rotatable bonds is 7. The number of hydrogen-bond donors (Lipinski definition) is 4. The van der Waals surface area contributed by atoms with Gasteiger partial charge >= 0.3 is 0 Å². The lowest BCUT2D eigenvalue weighted by Gasteiger charge is -2.08. The molecule has 0 aromatic heterocycles. The first-order chi connectivity index (χ1) is 5.31. The molecule has 4 nitrogen and oxygen atoms in total. The summed E-state index contributed by atoms with van der Waals surface area (Å²) in [6.07, 6.45) is 1.59. The van der Waals surface area contributed by atoms with Crippen LogP contribution in [0.15, 0.2) is 0 Å². The molecule has 0 saturated carbocycles. The molecule has 0 fully saturated rings. The minimum atomic E-state index is -0.208. The summed E-state index contributed by atoms with van der Waals surface area (Å²) in [5.41, 5.74) is 2.57. The van der Waals surface area contributed by atoms with Gasteiger partial charge in [0.1, 0.15) is 0 Å². The van der Waals surface area contributed by atoms with E-state index in [1.165, 1.54) is 0 Å². The van der Waals surface area contributed by atoms with Gasteiger partial charge in [0.25, 0.3) is 0 Å². The van der Waals surface area contributed by atoms with Gasteiger partial charge in [-0.3, -0.25) is 11.3 Å². The van der Waals surface area contributed by atoms with Gasteiger partial charge < -0.3 is 10.4 Å². The van der Waals surface area contributed by atoms with Crippen LogP contribution in [-0.2, 0) is 0 Å². The highest BCUT2D eigenvalue weighted by atomic mass is 16.3. The van der Waals surface area contributed by atoms with E-state index in [0.29, 0.717) is 6.54 Å². The summed E-state index contributed by atoms with van der Waals surface area (Å²) in [6.45, 7) is 4.37. The van der Waals surface area contributed by atoms with E-state index in [2.05, 4.69) is 10.7 Å². The van der Waals surface area contributed by atoms with Gasteiger partial charge in [-0.05, 0) is 19.4 Å². The lowest BCUT2D eigenvalue weighted by atomic mass is 10.3. The van der Waals surface area contributed by atoms with Crippen LogP contribution >= 0.6 is 0 Å². The number of aliphatic hydroxyl groups excluding tert-OH is 1. The Morgan fingerprint density at radius 3 is 2.73 bits per heavy atom. The normalized spacial score (nSPS) is 13.4. The fourth-order valence-electron chi connectivity index (χ4n) is 0.728. The van der Waals surface area contributed by atoms with Crippen LogP contribution in [-0.4, -0.2) is 30.8 Å². The molecule has 0 heterocycles. The third-order valence-corrected chi connectivity index (χ3v) is 1.53. The minimum absolute atomic E-state index is 0.208. The highest BCUT2D eigenvalue weighted by Gasteiger charge is 1.97. The van der Waals surface area contributed by atoms with Crippen molar-refractivity contribution in [3.63, 3.8) is 0 Å². The first-order valence-electron chi connectivity index (χ1n) is 4.13. The van der Waals surface area contributed by atoms with Gasteiger partial charge in [0.2, 0.25) is 0 Å². The van der Waals surface area contributed by atoms with Crippen molar-refractivity contribution in [1.82, 2.24) is 10.7 Å². The molecular weight excluding hydrogens is 142 g/mol. The van der Waals surface area contributed by atoms with Crippen molar-refractivity contribution >= 4 is 0 Å². The van der Waals surface area contributed by atoms with Crippen molar-refractivity contribution < 1.29 is 5.11 Å². The molecule has 11 heavy (non-hydrogen) atoms. The monoisotopic (exact) mass is 161 g/mol. The second-order valence-electron chi connectivity index (χ2n) is 2.57. The maximum absolute atomic E-state index is 9.11. The van der Waals surface area contributed by atoms with Crippen molar-refractivity contribution in [3.05, 3.63) is 0 Å². The molecule has 0 bridgehead atoms. The van der Waals surface area contributed by atoms with Gasteiger partial charge in [0, 0.05) is 13.1 Å². The van der Waals surface area contributed by atoms with E-state index in [0.717, 1.165) is 25.9 Å². The van der Waals surface area contributed by atoms with Gasteiger partial charge in [-0.2, -0.15) is 0 Å². The van der Waals surface area contributed by atoms with E-state index < -0.39 is 0 Å². The molecule has 0 aromatic carbocycles. The quantitative estimate of drug-likeness (QED) is 0.224. The van der Waals surface area contributed by atoms with Crippen LogP contribution in [0.5, 0.6) is 0 Å². The molecule has 5 N–H and O–H groups in total. The molecule has 0 aliphatic rings. The first-order valence-corrected chi connectivity index (χ1v) is 4.13. The smallest absolute Gasteiger partial charge is 0.0662 e. The largest absolute Gasteiger partial charge is 0.392 e. The molecule has 1 atom stereocenters. The van der Waals surface area contributed by atoms with E-state index in [9.17, 15) is 0 Å². The van der Waals surface area contributed by atoms with E-state index in [4.69, 9.17) is 10.9 Å². The number of hydrazine groups is 1. The molecule has 0 spiro atoms. The summed E-state index contributed by atoms with van der Waals surface area (Å²) in [5.74, 6) is 5.07. The molecule has 0 saturated heterocycles. The maximum atomic E-state index is 9.11. The Labute approximate surface area is 68.1 Å². The van der Waals surface area contributed by atoms with Crippen LogP contribution in [0, 0.1) is 0 Å². The number of nitrogens with two attached hydrogens (primary N) is 1. The summed E-state index contributed by atoms with van der Waals surface area (Å²) in [4.78, 5) is 0. The SMILES string of the molecule is CCC(O)CNCCCNN. The zero-order chi connectivity index (χ0) is 8.53. The Kier molecular flexibility index (Phi) is 7.83. The molecule has 68 valence electrons. The van der Waals surface area contributed by atoms with Gasteiger partial charge in [-0.1, -0.05) is 6.92 Å². The predicted molar refractivity (Wildman–Crippen MR) is 46.0 cm³/mol. The van der Waals surface area contributed by atoms with E-state index in [1.807, 2.05) is 6.92 Å². The number of nitrogens with one attached hydrogen (secondary N) is 2. The molecular formula is C7H19N3O. The molecule has 0 aromatic rings. The lowest BCUT2D eigenvalue weighted by Crippen LogP contribution is -2.30. The molecule has 0 radical (unpaired) electrons. The number of aliphatic hydroxyl groups is 1. The summed E-state index contributed by atoms with van der Waals surface area (Å²) < 4.78 is 0. The Balaban J connectivity index is 2.89. The fourth-order valence-corrected chi connectivity index (χ4v) is 0.728. The Bertz CT molecular complexity index is 80.1. The fraction of sp³-hybridized carbons (Fsp3) is 1.00. The second-order valence-corrected chi connectivity index (χ2v) is 2.57. The van der Waals surface area contributed by atoms with Crippen LogP contribution in [0.25, 0.3) is 0 Å². The van der Waals surface area contributed by atoms with Gasteiger partial charge in [-0.15, -0.1) is 0 Å². The van der Waals surface area contributed by atoms with Crippen molar-refractivity contribution in [2.24, 2.45) is 5.84 Å². The maximum Gasteiger partial charge on any atom is 0.0662 e. The summed E-state index contributed by atoms with van der Waals surface area (Å²) in [7, 11) is 0. The van der Waals surface area contributed by atoms with Crippen LogP contribution in [0.1, 0.15) is 19.8 Å². The van der Waals surface area contributed by atoms with Crippen molar-refractivity contribution in [2.75, 3.05) is 19.6 Å². The average Bonchev–Trinajstić information content (AvgIpc) is 2.04. The van der Waals surface area contributed by atoms with Crippen LogP contribution < -0.4 is 16.6 Å². The Morgan fingerprint density at radius 1 is 1.45 bits per heavy atom. The highest BCUT2D eigenvalue weighted by molar-refractivity contribution is 4.56. The van der Waals surface area contributed by atoms with E-state index in [1.54, 1.807) is 0 Å². The van der Waals surface area contributed by atoms with Crippen LogP contribution in [0.2, 0.25) is 0 Å². The minimum Gasteiger partial charge on any atom is -0.392 e. The Hall–Kier alpha value is -0.160. The predicted octanol–water partition coefficient (Wildman–Crippen LogP) is -0.800. The first kappa shape index (κ1) is 10.8. The topological polar surface area (TPSA) is 70.3 Å². The van der Waals surface area contributed by atoms with Gasteiger partial charge in [0.05, 0.1) is 6.10 Å². The molecule has 0 rings (SSSR count). The summed E-state index contributed by atoms with van der Waals surface area (Å²) >= 11 is 0. The highest BCUT2D eigenvalue weighted by Crippen LogP contribution is 1.85. The number of hydrogen-bond acceptors (Lipinski definition) is 4. The second kappa shape index (κ2) is 7.94. The molecule has 0 aliphatic heterocycles. The Morgan fingerprint density at radius 2 is 2.18 bits per heavy atom. The van der Waals surface area contributed by atoms with E-state index in [-0.39, 0.29) is 6.10 Å². The van der Waals surface area contributed by atoms with Crippen LogP contribution in [0.3, 0.4) is 0 Å². The van der Waals surface area contributed by atoms with Gasteiger partial charge in [-0.25, -0.2) is 0 Å². The third-order valence-electron chi connectivity index (χ3n) is 1.53. The molecule has 0 aliphatic carbocycles. The van der Waals surface area contributed by atoms with E-state index >= 15 is 0 Å². The van der Waals surface area contributed by atoms with Crippen LogP contribution in [0.4, 0.5) is 0 Å². The van der Waals surface area contributed by atoms with Gasteiger partial charge in [0.15, 0.2) is 0 Å². The average molecular weight is 161 g/mol. The summed E-state index contributed by atoms with van der Waals surface area (Å²) in [5, 5.41) is 12.2. The van der Waals surface area contributed by atoms with Crippen molar-refractivity contribution in [2.45, 2.75) is 25.9 Å². The molecule has 1 unspecified atom stereocenters. The zero-order valence-corrected chi connectivity index (χ0v) is 7.14.